The fraction of sp³-hybridized carbons (Fsp3) is 0.900. The van der Waals surface area contributed by atoms with Gasteiger partial charge in [-0.2, -0.15) is 0 Å². The first-order chi connectivity index (χ1) is 6.97. The van der Waals surface area contributed by atoms with E-state index in [1.807, 2.05) is 6.92 Å². The third-order valence-electron chi connectivity index (χ3n) is 2.05. The second-order valence-electron chi connectivity index (χ2n) is 3.56. The number of esters is 1. The van der Waals surface area contributed by atoms with Gasteiger partial charge in [0.05, 0.1) is 6.10 Å². The van der Waals surface area contributed by atoms with Gasteiger partial charge < -0.3 is 20.1 Å². The monoisotopic (exact) mass is 220 g/mol. The second-order valence-corrected chi connectivity index (χ2v) is 3.56. The highest BCUT2D eigenvalue weighted by atomic mass is 16.6. The van der Waals surface area contributed by atoms with Crippen molar-refractivity contribution in [2.45, 2.75) is 58.0 Å². The summed E-state index contributed by atoms with van der Waals surface area (Å²) in [5.41, 5.74) is 0. The molecule has 5 heteroatoms. The lowest BCUT2D eigenvalue weighted by Gasteiger charge is -2.14. The van der Waals surface area contributed by atoms with Crippen LogP contribution in [0.15, 0.2) is 0 Å². The smallest absolute Gasteiger partial charge is 0.336 e. The largest absolute Gasteiger partial charge is 0.434 e. The summed E-state index contributed by atoms with van der Waals surface area (Å²) in [5.74, 6) is -0.835. The van der Waals surface area contributed by atoms with E-state index in [2.05, 4.69) is 4.74 Å². The molecule has 0 aromatic rings. The highest BCUT2D eigenvalue weighted by molar-refractivity contribution is 5.73. The first kappa shape index (κ1) is 14.3. The SMILES string of the molecule is CCC(O)CCCC(O)OC(=O)C(C)O. The van der Waals surface area contributed by atoms with Gasteiger partial charge >= 0.3 is 5.97 Å². The summed E-state index contributed by atoms with van der Waals surface area (Å²) in [7, 11) is 0. The lowest BCUT2D eigenvalue weighted by Crippen LogP contribution is -2.25. The van der Waals surface area contributed by atoms with Gasteiger partial charge in [0.15, 0.2) is 0 Å². The Morgan fingerprint density at radius 2 is 1.87 bits per heavy atom. The summed E-state index contributed by atoms with van der Waals surface area (Å²) in [6.45, 7) is 3.14. The number of aliphatic hydroxyl groups is 3. The zero-order valence-electron chi connectivity index (χ0n) is 9.22. The zero-order valence-corrected chi connectivity index (χ0v) is 9.22. The van der Waals surface area contributed by atoms with Crippen LogP contribution in [0.4, 0.5) is 0 Å². The molecule has 0 saturated heterocycles. The molecule has 0 rings (SSSR count). The van der Waals surface area contributed by atoms with Crippen LogP contribution in [0.3, 0.4) is 0 Å². The van der Waals surface area contributed by atoms with E-state index in [4.69, 9.17) is 5.11 Å². The molecule has 0 bridgehead atoms. The Labute approximate surface area is 89.7 Å². The van der Waals surface area contributed by atoms with Crippen molar-refractivity contribution in [2.24, 2.45) is 0 Å². The molecule has 0 fully saturated rings. The Hall–Kier alpha value is -0.650. The Bertz CT molecular complexity index is 181. The first-order valence-corrected chi connectivity index (χ1v) is 5.22. The topological polar surface area (TPSA) is 87.0 Å². The van der Waals surface area contributed by atoms with E-state index in [1.165, 1.54) is 6.92 Å². The van der Waals surface area contributed by atoms with Gasteiger partial charge in [-0.05, 0) is 26.2 Å². The molecule has 5 nitrogen and oxygen atoms in total. The average molecular weight is 220 g/mol. The molecule has 90 valence electrons. The molecule has 3 N–H and O–H groups in total. The van der Waals surface area contributed by atoms with Gasteiger partial charge in [0.25, 0.3) is 0 Å². The minimum Gasteiger partial charge on any atom is -0.434 e. The van der Waals surface area contributed by atoms with Gasteiger partial charge in [-0.25, -0.2) is 4.79 Å². The molecule has 0 spiro atoms. The maximum atomic E-state index is 10.8. The predicted octanol–water partition coefficient (Wildman–Crippen LogP) is 0.170. The van der Waals surface area contributed by atoms with Gasteiger partial charge in [-0.1, -0.05) is 6.92 Å². The summed E-state index contributed by atoms with van der Waals surface area (Å²) < 4.78 is 4.51. The lowest BCUT2D eigenvalue weighted by atomic mass is 10.1. The Kier molecular flexibility index (Phi) is 7.29. The van der Waals surface area contributed by atoms with Crippen molar-refractivity contribution in [2.75, 3.05) is 0 Å². The standard InChI is InChI=1S/C10H20O5/c1-3-8(12)5-4-6-9(13)15-10(14)7(2)11/h7-9,11-13H,3-6H2,1-2H3. The summed E-state index contributed by atoms with van der Waals surface area (Å²) in [6, 6.07) is 0. The van der Waals surface area contributed by atoms with Gasteiger partial charge in [-0.15, -0.1) is 0 Å². The highest BCUT2D eigenvalue weighted by Gasteiger charge is 2.15. The minimum absolute atomic E-state index is 0.273. The molecule has 3 atom stereocenters. The summed E-state index contributed by atoms with van der Waals surface area (Å²) in [6.07, 6.45) is -0.705. The molecule has 3 unspecified atom stereocenters. The minimum atomic E-state index is -1.22. The average Bonchev–Trinajstić information content (AvgIpc) is 2.17. The van der Waals surface area contributed by atoms with Crippen LogP contribution in [-0.2, 0) is 9.53 Å². The number of carbonyl (C=O) groups is 1. The molecule has 0 aliphatic rings. The molecule has 0 saturated carbocycles. The van der Waals surface area contributed by atoms with Crippen LogP contribution in [-0.4, -0.2) is 39.8 Å². The highest BCUT2D eigenvalue weighted by Crippen LogP contribution is 2.07. The van der Waals surface area contributed by atoms with Crippen molar-refractivity contribution < 1.29 is 24.9 Å². The van der Waals surface area contributed by atoms with Crippen LogP contribution in [0.1, 0.15) is 39.5 Å². The Morgan fingerprint density at radius 1 is 1.27 bits per heavy atom. The molecule has 0 aromatic carbocycles. The third-order valence-corrected chi connectivity index (χ3v) is 2.05. The van der Waals surface area contributed by atoms with Gasteiger partial charge in [-0.3, -0.25) is 0 Å². The zero-order chi connectivity index (χ0) is 11.8. The second kappa shape index (κ2) is 7.62. The van der Waals surface area contributed by atoms with Crippen LogP contribution >= 0.6 is 0 Å². The number of hydrogen-bond donors (Lipinski definition) is 3. The first-order valence-electron chi connectivity index (χ1n) is 5.22. The van der Waals surface area contributed by atoms with E-state index in [0.717, 1.165) is 0 Å². The molecule has 0 radical (unpaired) electrons. The van der Waals surface area contributed by atoms with E-state index in [0.29, 0.717) is 19.3 Å². The van der Waals surface area contributed by atoms with E-state index in [9.17, 15) is 15.0 Å². The van der Waals surface area contributed by atoms with Crippen molar-refractivity contribution in [3.63, 3.8) is 0 Å². The van der Waals surface area contributed by atoms with Gasteiger partial charge in [0.2, 0.25) is 6.29 Å². The van der Waals surface area contributed by atoms with Gasteiger partial charge in [0.1, 0.15) is 6.10 Å². The number of hydrogen-bond acceptors (Lipinski definition) is 5. The van der Waals surface area contributed by atoms with Crippen molar-refractivity contribution >= 4 is 5.97 Å². The molecule has 0 aliphatic heterocycles. The lowest BCUT2D eigenvalue weighted by molar-refractivity contribution is -0.177. The Balaban J connectivity index is 3.57. The molecule has 0 heterocycles. The summed E-state index contributed by atoms with van der Waals surface area (Å²) in [5, 5.41) is 27.2. The van der Waals surface area contributed by atoms with Crippen molar-refractivity contribution in [3.8, 4) is 0 Å². The molecule has 0 aliphatic carbocycles. The molecule has 0 aromatic heterocycles. The van der Waals surface area contributed by atoms with Crippen LogP contribution in [0.2, 0.25) is 0 Å². The van der Waals surface area contributed by atoms with Crippen molar-refractivity contribution in [3.05, 3.63) is 0 Å². The van der Waals surface area contributed by atoms with Crippen molar-refractivity contribution in [1.82, 2.24) is 0 Å². The molecular formula is C10H20O5. The normalized spacial score (nSPS) is 16.9. The number of rotatable bonds is 7. The quantitative estimate of drug-likeness (QED) is 0.420. The third kappa shape index (κ3) is 7.30. The maximum Gasteiger partial charge on any atom is 0.336 e. The maximum absolute atomic E-state index is 10.8. The molecule has 15 heavy (non-hydrogen) atoms. The van der Waals surface area contributed by atoms with Crippen LogP contribution < -0.4 is 0 Å². The number of ether oxygens (including phenoxy) is 1. The van der Waals surface area contributed by atoms with E-state index in [1.54, 1.807) is 0 Å². The van der Waals surface area contributed by atoms with E-state index < -0.39 is 18.4 Å². The molecule has 0 amide bonds. The molecular weight excluding hydrogens is 200 g/mol. The van der Waals surface area contributed by atoms with E-state index >= 15 is 0 Å². The van der Waals surface area contributed by atoms with Gasteiger partial charge in [0, 0.05) is 6.42 Å². The van der Waals surface area contributed by atoms with Crippen LogP contribution in [0.5, 0.6) is 0 Å². The fourth-order valence-electron chi connectivity index (χ4n) is 1.02. The van der Waals surface area contributed by atoms with Crippen molar-refractivity contribution in [1.29, 1.82) is 0 Å². The number of aliphatic hydroxyl groups excluding tert-OH is 3. The van der Waals surface area contributed by atoms with Crippen LogP contribution in [0.25, 0.3) is 0 Å². The predicted molar refractivity (Wildman–Crippen MR) is 53.9 cm³/mol. The van der Waals surface area contributed by atoms with E-state index in [-0.39, 0.29) is 12.5 Å². The summed E-state index contributed by atoms with van der Waals surface area (Å²) in [4.78, 5) is 10.8. The van der Waals surface area contributed by atoms with Crippen LogP contribution in [0, 0.1) is 0 Å². The number of carbonyl (C=O) groups excluding carboxylic acids is 1. The Morgan fingerprint density at radius 3 is 2.33 bits per heavy atom. The summed E-state index contributed by atoms with van der Waals surface area (Å²) >= 11 is 0. The fourth-order valence-corrected chi connectivity index (χ4v) is 1.02.